The Labute approximate surface area is 110 Å². The van der Waals surface area contributed by atoms with Gasteiger partial charge in [0.25, 0.3) is 0 Å². The van der Waals surface area contributed by atoms with Gasteiger partial charge in [0.05, 0.1) is 0 Å². The summed E-state index contributed by atoms with van der Waals surface area (Å²) in [6, 6.07) is 2.29. The van der Waals surface area contributed by atoms with Gasteiger partial charge in [-0.2, -0.15) is 12.7 Å². The molecule has 8 heteroatoms. The minimum Gasteiger partial charge on any atom is -0.314 e. The first-order valence-corrected chi connectivity index (χ1v) is 7.29. The smallest absolute Gasteiger partial charge is 0.301 e. The van der Waals surface area contributed by atoms with Crippen LogP contribution < -0.4 is 10.0 Å². The monoisotopic (exact) mass is 291 g/mol. The van der Waals surface area contributed by atoms with Crippen molar-refractivity contribution in [2.24, 2.45) is 0 Å². The SMILES string of the molecule is Cc1ccc(F)c(NS(=O)(=O)N2CCNCC2)c1F. The van der Waals surface area contributed by atoms with E-state index in [1.807, 2.05) is 4.72 Å². The lowest BCUT2D eigenvalue weighted by atomic mass is 10.2. The van der Waals surface area contributed by atoms with Gasteiger partial charge in [-0.05, 0) is 18.6 Å². The van der Waals surface area contributed by atoms with Gasteiger partial charge in [-0.15, -0.1) is 0 Å². The van der Waals surface area contributed by atoms with E-state index in [2.05, 4.69) is 5.32 Å². The molecule has 0 aromatic heterocycles. The quantitative estimate of drug-likeness (QED) is 0.867. The number of benzene rings is 1. The third-order valence-electron chi connectivity index (χ3n) is 2.93. The number of hydrogen-bond acceptors (Lipinski definition) is 3. The maximum atomic E-state index is 13.8. The minimum absolute atomic E-state index is 0.180. The molecule has 19 heavy (non-hydrogen) atoms. The van der Waals surface area contributed by atoms with Crippen molar-refractivity contribution in [2.45, 2.75) is 6.92 Å². The fourth-order valence-electron chi connectivity index (χ4n) is 1.83. The summed E-state index contributed by atoms with van der Waals surface area (Å²) in [7, 11) is -3.93. The molecular formula is C11H15F2N3O2S. The first-order valence-electron chi connectivity index (χ1n) is 5.85. The van der Waals surface area contributed by atoms with Crippen LogP contribution in [0.25, 0.3) is 0 Å². The molecule has 1 aromatic rings. The minimum atomic E-state index is -3.93. The van der Waals surface area contributed by atoms with Crippen molar-refractivity contribution in [1.82, 2.24) is 9.62 Å². The van der Waals surface area contributed by atoms with Crippen LogP contribution in [0.15, 0.2) is 12.1 Å². The predicted molar refractivity (Wildman–Crippen MR) is 68.1 cm³/mol. The van der Waals surface area contributed by atoms with Crippen LogP contribution >= 0.6 is 0 Å². The Balaban J connectivity index is 2.27. The van der Waals surface area contributed by atoms with Crippen molar-refractivity contribution in [3.8, 4) is 0 Å². The Morgan fingerprint density at radius 2 is 1.89 bits per heavy atom. The highest BCUT2D eigenvalue weighted by Gasteiger charge is 2.26. The van der Waals surface area contributed by atoms with Gasteiger partial charge in [0, 0.05) is 26.2 Å². The molecule has 0 radical (unpaired) electrons. The molecule has 106 valence electrons. The average molecular weight is 291 g/mol. The van der Waals surface area contributed by atoms with Gasteiger partial charge in [-0.3, -0.25) is 4.72 Å². The topological polar surface area (TPSA) is 61.4 Å². The highest BCUT2D eigenvalue weighted by atomic mass is 32.2. The number of halogens is 2. The van der Waals surface area contributed by atoms with Crippen molar-refractivity contribution >= 4 is 15.9 Å². The van der Waals surface area contributed by atoms with Gasteiger partial charge in [-0.25, -0.2) is 8.78 Å². The lowest BCUT2D eigenvalue weighted by molar-refractivity contribution is 0.362. The van der Waals surface area contributed by atoms with Crippen molar-refractivity contribution in [1.29, 1.82) is 0 Å². The summed E-state index contributed by atoms with van der Waals surface area (Å²) in [5.74, 6) is -1.82. The molecule has 0 unspecified atom stereocenters. The van der Waals surface area contributed by atoms with E-state index < -0.39 is 27.5 Å². The molecule has 0 amide bonds. The van der Waals surface area contributed by atoms with Gasteiger partial charge in [-0.1, -0.05) is 6.07 Å². The van der Waals surface area contributed by atoms with E-state index in [0.717, 1.165) is 10.4 Å². The molecular weight excluding hydrogens is 276 g/mol. The van der Waals surface area contributed by atoms with Crippen LogP contribution in [-0.4, -0.2) is 38.9 Å². The van der Waals surface area contributed by atoms with E-state index in [1.165, 1.54) is 13.0 Å². The molecule has 5 nitrogen and oxygen atoms in total. The molecule has 1 aliphatic rings. The largest absolute Gasteiger partial charge is 0.314 e. The zero-order chi connectivity index (χ0) is 14.0. The van der Waals surface area contributed by atoms with Crippen molar-refractivity contribution in [3.63, 3.8) is 0 Å². The van der Waals surface area contributed by atoms with Gasteiger partial charge < -0.3 is 5.32 Å². The highest BCUT2D eigenvalue weighted by Crippen LogP contribution is 2.23. The van der Waals surface area contributed by atoms with Crippen molar-refractivity contribution in [3.05, 3.63) is 29.3 Å². The van der Waals surface area contributed by atoms with Crippen molar-refractivity contribution in [2.75, 3.05) is 30.9 Å². The predicted octanol–water partition coefficient (Wildman–Crippen LogP) is 0.835. The van der Waals surface area contributed by atoms with E-state index in [1.54, 1.807) is 0 Å². The van der Waals surface area contributed by atoms with Crippen LogP contribution in [0.3, 0.4) is 0 Å². The molecule has 1 fully saturated rings. The molecule has 1 heterocycles. The first-order chi connectivity index (χ1) is 8.92. The number of nitrogens with zero attached hydrogens (tertiary/aromatic N) is 1. The molecule has 1 saturated heterocycles. The second kappa shape index (κ2) is 5.40. The molecule has 0 saturated carbocycles. The number of rotatable bonds is 3. The Bertz CT molecular complexity index is 572. The summed E-state index contributed by atoms with van der Waals surface area (Å²) in [6.07, 6.45) is 0. The number of piperazine rings is 1. The van der Waals surface area contributed by atoms with Crippen molar-refractivity contribution < 1.29 is 17.2 Å². The molecule has 0 aliphatic carbocycles. The lowest BCUT2D eigenvalue weighted by Gasteiger charge is -2.27. The summed E-state index contributed by atoms with van der Waals surface area (Å²) < 4.78 is 54.5. The molecule has 0 bridgehead atoms. The third kappa shape index (κ3) is 3.02. The molecule has 2 N–H and O–H groups in total. The van der Waals surface area contributed by atoms with Gasteiger partial charge >= 0.3 is 10.2 Å². The summed E-state index contributed by atoms with van der Waals surface area (Å²) >= 11 is 0. The van der Waals surface area contributed by atoms with Gasteiger partial charge in [0.15, 0.2) is 5.82 Å². The van der Waals surface area contributed by atoms with Gasteiger partial charge in [0.1, 0.15) is 11.5 Å². The van der Waals surface area contributed by atoms with Crippen LogP contribution in [-0.2, 0) is 10.2 Å². The van der Waals surface area contributed by atoms with E-state index in [0.29, 0.717) is 13.1 Å². The normalized spacial score (nSPS) is 17.4. The number of hydrogen-bond donors (Lipinski definition) is 2. The standard InChI is InChI=1S/C11H15F2N3O2S/c1-8-2-3-9(12)11(10(8)13)15-19(17,18)16-6-4-14-5-7-16/h2-3,14-15H,4-7H2,1H3. The molecule has 0 atom stereocenters. The van der Waals surface area contributed by atoms with Crippen LogP contribution in [0.5, 0.6) is 0 Å². The fraction of sp³-hybridized carbons (Fsp3) is 0.455. The third-order valence-corrected chi connectivity index (χ3v) is 4.44. The summed E-state index contributed by atoms with van der Waals surface area (Å²) in [5.41, 5.74) is -0.446. The molecule has 1 aliphatic heterocycles. The number of anilines is 1. The zero-order valence-corrected chi connectivity index (χ0v) is 11.2. The summed E-state index contributed by atoms with van der Waals surface area (Å²) in [6.45, 7) is 3.01. The Kier molecular flexibility index (Phi) is 4.02. The highest BCUT2D eigenvalue weighted by molar-refractivity contribution is 7.90. The zero-order valence-electron chi connectivity index (χ0n) is 10.4. The maximum absolute atomic E-state index is 13.8. The van der Waals surface area contributed by atoms with E-state index in [9.17, 15) is 17.2 Å². The summed E-state index contributed by atoms with van der Waals surface area (Å²) in [5, 5.41) is 3.00. The first kappa shape index (κ1) is 14.2. The fourth-order valence-corrected chi connectivity index (χ4v) is 3.07. The Morgan fingerprint density at radius 3 is 2.53 bits per heavy atom. The average Bonchev–Trinajstić information content (AvgIpc) is 2.40. The van der Waals surface area contributed by atoms with Crippen LogP contribution in [0.4, 0.5) is 14.5 Å². The van der Waals surface area contributed by atoms with Crippen LogP contribution in [0.1, 0.15) is 5.56 Å². The van der Waals surface area contributed by atoms with E-state index in [-0.39, 0.29) is 18.7 Å². The Morgan fingerprint density at radius 1 is 1.26 bits per heavy atom. The lowest BCUT2D eigenvalue weighted by Crippen LogP contribution is -2.48. The second-order valence-electron chi connectivity index (χ2n) is 4.31. The van der Waals surface area contributed by atoms with Crippen LogP contribution in [0.2, 0.25) is 0 Å². The van der Waals surface area contributed by atoms with E-state index in [4.69, 9.17) is 0 Å². The molecule has 1 aromatic carbocycles. The maximum Gasteiger partial charge on any atom is 0.301 e. The van der Waals surface area contributed by atoms with Gasteiger partial charge in [0.2, 0.25) is 0 Å². The Hall–Kier alpha value is -1.25. The molecule has 2 rings (SSSR count). The number of aryl methyl sites for hydroxylation is 1. The second-order valence-corrected chi connectivity index (χ2v) is 5.98. The summed E-state index contributed by atoms with van der Waals surface area (Å²) in [4.78, 5) is 0. The number of nitrogens with one attached hydrogen (secondary N) is 2. The molecule has 0 spiro atoms. The van der Waals surface area contributed by atoms with E-state index >= 15 is 0 Å². The van der Waals surface area contributed by atoms with Crippen LogP contribution in [0, 0.1) is 18.6 Å².